The number of hydrogen-bond donors (Lipinski definition) is 0. The molecule has 0 bridgehead atoms. The molecule has 1 aliphatic rings. The minimum atomic E-state index is -0.316. The first kappa shape index (κ1) is 13.3. The van der Waals surface area contributed by atoms with Gasteiger partial charge in [-0.1, -0.05) is 0 Å². The van der Waals surface area contributed by atoms with Crippen LogP contribution in [0.15, 0.2) is 12.1 Å². The van der Waals surface area contributed by atoms with Crippen LogP contribution in [0.4, 0.5) is 0 Å². The molecule has 3 rings (SSSR count). The fourth-order valence-corrected chi connectivity index (χ4v) is 4.20. The lowest BCUT2D eigenvalue weighted by molar-refractivity contribution is 0.00578. The van der Waals surface area contributed by atoms with Crippen molar-refractivity contribution < 1.29 is 14.1 Å². The monoisotopic (exact) mass is 294 g/mol. The highest BCUT2D eigenvalue weighted by molar-refractivity contribution is 7.33. The van der Waals surface area contributed by atoms with Gasteiger partial charge in [0.2, 0.25) is 0 Å². The lowest BCUT2D eigenvalue weighted by Crippen LogP contribution is -2.41. The Kier molecular flexibility index (Phi) is 2.91. The van der Waals surface area contributed by atoms with Gasteiger partial charge in [-0.3, -0.25) is 4.79 Å². The van der Waals surface area contributed by atoms with Gasteiger partial charge in [0.15, 0.2) is 6.29 Å². The standard InChI is InChI=1S/C13H15BO3S2/c1-12(2)13(3,4)17-14(16-12)11-6-10-9(19-11)5-8(7-15)18-10/h5-7H,1-4H3. The van der Waals surface area contributed by atoms with Crippen molar-refractivity contribution in [2.45, 2.75) is 38.9 Å². The molecule has 0 N–H and O–H groups in total. The first-order valence-electron chi connectivity index (χ1n) is 6.16. The molecule has 1 saturated heterocycles. The lowest BCUT2D eigenvalue weighted by atomic mass is 9.88. The molecule has 2 aromatic heterocycles. The van der Waals surface area contributed by atoms with Crippen LogP contribution < -0.4 is 4.78 Å². The predicted octanol–water partition coefficient (Wildman–Crippen LogP) is 3.07. The topological polar surface area (TPSA) is 35.5 Å². The van der Waals surface area contributed by atoms with Gasteiger partial charge in [0.1, 0.15) is 0 Å². The minimum absolute atomic E-state index is 0.311. The Morgan fingerprint density at radius 3 is 2.16 bits per heavy atom. The van der Waals surface area contributed by atoms with Gasteiger partial charge >= 0.3 is 7.12 Å². The van der Waals surface area contributed by atoms with E-state index in [2.05, 4.69) is 6.07 Å². The van der Waals surface area contributed by atoms with Gasteiger partial charge < -0.3 is 9.31 Å². The van der Waals surface area contributed by atoms with Crippen molar-refractivity contribution in [2.24, 2.45) is 0 Å². The van der Waals surface area contributed by atoms with Crippen molar-refractivity contribution in [3.8, 4) is 0 Å². The predicted molar refractivity (Wildman–Crippen MR) is 80.8 cm³/mol. The van der Waals surface area contributed by atoms with E-state index < -0.39 is 0 Å². The molecule has 0 aliphatic carbocycles. The Morgan fingerprint density at radius 2 is 1.63 bits per heavy atom. The summed E-state index contributed by atoms with van der Waals surface area (Å²) in [6.45, 7) is 8.20. The summed E-state index contributed by atoms with van der Waals surface area (Å²) in [5.41, 5.74) is -0.633. The van der Waals surface area contributed by atoms with Gasteiger partial charge in [0, 0.05) is 14.2 Å². The van der Waals surface area contributed by atoms with E-state index in [1.54, 1.807) is 11.3 Å². The Morgan fingerprint density at radius 1 is 1.05 bits per heavy atom. The molecule has 1 aliphatic heterocycles. The summed E-state index contributed by atoms with van der Waals surface area (Å²) in [5.74, 6) is 0. The summed E-state index contributed by atoms with van der Waals surface area (Å²) >= 11 is 3.14. The van der Waals surface area contributed by atoms with Crippen LogP contribution in [0.5, 0.6) is 0 Å². The van der Waals surface area contributed by atoms with Crippen molar-refractivity contribution >= 4 is 50.3 Å². The van der Waals surface area contributed by atoms with Crippen LogP contribution in [-0.2, 0) is 9.31 Å². The van der Waals surface area contributed by atoms with Gasteiger partial charge in [0.25, 0.3) is 0 Å². The Balaban J connectivity index is 1.93. The summed E-state index contributed by atoms with van der Waals surface area (Å²) in [4.78, 5) is 11.5. The van der Waals surface area contributed by atoms with E-state index in [1.165, 1.54) is 11.3 Å². The molecular formula is C13H15BO3S2. The van der Waals surface area contributed by atoms with Gasteiger partial charge in [-0.25, -0.2) is 0 Å². The summed E-state index contributed by atoms with van der Waals surface area (Å²) in [7, 11) is -0.311. The van der Waals surface area contributed by atoms with Crippen LogP contribution in [0.3, 0.4) is 0 Å². The molecule has 19 heavy (non-hydrogen) atoms. The maximum absolute atomic E-state index is 10.8. The number of thiophene rings is 2. The first-order valence-corrected chi connectivity index (χ1v) is 7.80. The molecule has 0 spiro atoms. The van der Waals surface area contributed by atoms with E-state index in [9.17, 15) is 4.79 Å². The molecular weight excluding hydrogens is 279 g/mol. The largest absolute Gasteiger partial charge is 0.505 e. The Hall–Kier alpha value is -0.685. The van der Waals surface area contributed by atoms with E-state index in [0.717, 1.165) is 25.3 Å². The molecule has 6 heteroatoms. The van der Waals surface area contributed by atoms with Gasteiger partial charge in [-0.15, -0.1) is 22.7 Å². The van der Waals surface area contributed by atoms with Crippen LogP contribution in [0, 0.1) is 0 Å². The number of fused-ring (bicyclic) bond motifs is 1. The summed E-state index contributed by atoms with van der Waals surface area (Å²) in [6.07, 6.45) is 0.895. The molecule has 2 aromatic rings. The zero-order valence-corrected chi connectivity index (χ0v) is 13.0. The van der Waals surface area contributed by atoms with E-state index in [1.807, 2.05) is 33.8 Å². The highest BCUT2D eigenvalue weighted by Crippen LogP contribution is 2.38. The van der Waals surface area contributed by atoms with E-state index in [0.29, 0.717) is 0 Å². The third-order valence-electron chi connectivity index (χ3n) is 3.85. The average molecular weight is 294 g/mol. The molecule has 0 aromatic carbocycles. The second kappa shape index (κ2) is 4.15. The molecule has 0 radical (unpaired) electrons. The molecule has 0 saturated carbocycles. The van der Waals surface area contributed by atoms with Crippen molar-refractivity contribution in [1.29, 1.82) is 0 Å². The zero-order chi connectivity index (χ0) is 13.8. The van der Waals surface area contributed by atoms with Gasteiger partial charge in [0.05, 0.1) is 16.1 Å². The highest BCUT2D eigenvalue weighted by atomic mass is 32.1. The van der Waals surface area contributed by atoms with Crippen LogP contribution >= 0.6 is 22.7 Å². The number of carbonyl (C=O) groups excluding carboxylic acids is 1. The molecule has 3 nitrogen and oxygen atoms in total. The SMILES string of the molecule is CC1(C)OB(c2cc3sc(C=O)cc3s2)OC1(C)C. The summed E-state index contributed by atoms with van der Waals surface area (Å²) < 4.78 is 15.4. The minimum Gasteiger partial charge on any atom is -0.399 e. The second-order valence-corrected chi connectivity index (χ2v) is 7.96. The first-order chi connectivity index (χ1) is 8.82. The number of hydrogen-bond acceptors (Lipinski definition) is 5. The maximum atomic E-state index is 10.8. The fourth-order valence-electron chi connectivity index (χ4n) is 2.01. The number of rotatable bonds is 2. The quantitative estimate of drug-likeness (QED) is 0.631. The van der Waals surface area contributed by atoms with E-state index >= 15 is 0 Å². The van der Waals surface area contributed by atoms with Crippen molar-refractivity contribution in [1.82, 2.24) is 0 Å². The Labute approximate surface area is 120 Å². The van der Waals surface area contributed by atoms with Gasteiger partial charge in [-0.05, 0) is 39.8 Å². The van der Waals surface area contributed by atoms with Gasteiger partial charge in [-0.2, -0.15) is 0 Å². The highest BCUT2D eigenvalue weighted by Gasteiger charge is 2.52. The molecule has 100 valence electrons. The number of carbonyl (C=O) groups is 1. The number of aldehydes is 1. The summed E-state index contributed by atoms with van der Waals surface area (Å²) in [6, 6.07) is 3.99. The van der Waals surface area contributed by atoms with Crippen LogP contribution in [0.25, 0.3) is 9.40 Å². The van der Waals surface area contributed by atoms with Crippen molar-refractivity contribution in [2.75, 3.05) is 0 Å². The van der Waals surface area contributed by atoms with Crippen molar-refractivity contribution in [3.63, 3.8) is 0 Å². The van der Waals surface area contributed by atoms with E-state index in [4.69, 9.17) is 9.31 Å². The average Bonchev–Trinajstić information content (AvgIpc) is 2.88. The van der Waals surface area contributed by atoms with Crippen molar-refractivity contribution in [3.05, 3.63) is 17.0 Å². The summed E-state index contributed by atoms with van der Waals surface area (Å²) in [5, 5.41) is 0. The fraction of sp³-hybridized carbons (Fsp3) is 0.462. The molecule has 0 unspecified atom stereocenters. The smallest absolute Gasteiger partial charge is 0.399 e. The normalized spacial score (nSPS) is 21.2. The van der Waals surface area contributed by atoms with Crippen LogP contribution in [-0.4, -0.2) is 24.6 Å². The zero-order valence-electron chi connectivity index (χ0n) is 11.4. The molecule has 3 heterocycles. The molecule has 0 atom stereocenters. The Bertz CT molecular complexity index is 594. The lowest BCUT2D eigenvalue weighted by Gasteiger charge is -2.32. The van der Waals surface area contributed by atoms with Crippen LogP contribution in [0.2, 0.25) is 0 Å². The van der Waals surface area contributed by atoms with Crippen LogP contribution in [0.1, 0.15) is 37.4 Å². The van der Waals surface area contributed by atoms with E-state index in [-0.39, 0.29) is 18.3 Å². The second-order valence-electron chi connectivity index (χ2n) is 5.73. The molecule has 0 amide bonds. The third-order valence-corrected chi connectivity index (χ3v) is 6.09. The third kappa shape index (κ3) is 2.07. The molecule has 1 fully saturated rings. The maximum Gasteiger partial charge on any atom is 0.505 e.